The zero-order chi connectivity index (χ0) is 23.8. The first-order valence-corrected chi connectivity index (χ1v) is 11.8. The number of hydrogen-bond donors (Lipinski definition) is 1. The average molecular weight is 482 g/mol. The number of benzene rings is 2. The first-order chi connectivity index (χ1) is 15.8. The molecule has 1 heterocycles. The highest BCUT2D eigenvalue weighted by atomic mass is 32.2. The third kappa shape index (κ3) is 6.96. The molecule has 1 aliphatic rings. The fraction of sp³-hybridized carbons (Fsp3) is 0.364. The van der Waals surface area contributed by atoms with Crippen molar-refractivity contribution >= 4 is 27.8 Å². The lowest BCUT2D eigenvalue weighted by Crippen LogP contribution is -2.36. The van der Waals surface area contributed by atoms with Gasteiger partial charge in [-0.3, -0.25) is 4.79 Å². The highest BCUT2D eigenvalue weighted by Crippen LogP contribution is 2.26. The Morgan fingerprint density at radius 3 is 2.52 bits per heavy atom. The van der Waals surface area contributed by atoms with E-state index in [1.54, 1.807) is 19.1 Å². The van der Waals surface area contributed by atoms with Crippen LogP contribution in [0.2, 0.25) is 0 Å². The molecule has 1 aliphatic heterocycles. The van der Waals surface area contributed by atoms with Crippen molar-refractivity contribution in [1.29, 1.82) is 0 Å². The van der Waals surface area contributed by atoms with E-state index in [1.165, 1.54) is 40.9 Å². The number of oxime groups is 1. The van der Waals surface area contributed by atoms with Crippen molar-refractivity contribution in [3.05, 3.63) is 53.6 Å². The van der Waals surface area contributed by atoms with Crippen LogP contribution in [-0.2, 0) is 19.7 Å². The minimum atomic E-state index is -3.64. The molecule has 1 amide bonds. The van der Waals surface area contributed by atoms with Crippen LogP contribution in [0.25, 0.3) is 0 Å². The van der Waals surface area contributed by atoms with E-state index in [0.29, 0.717) is 29.9 Å². The molecule has 8 nitrogen and oxygen atoms in total. The van der Waals surface area contributed by atoms with Gasteiger partial charge in [0.05, 0.1) is 11.1 Å². The second-order valence-corrected chi connectivity index (χ2v) is 9.36. The molecule has 0 radical (unpaired) electrons. The number of piperidine rings is 1. The van der Waals surface area contributed by atoms with E-state index in [1.807, 2.05) is 0 Å². The summed E-state index contributed by atoms with van der Waals surface area (Å²) in [4.78, 5) is 17.3. The first-order valence-electron chi connectivity index (χ1n) is 10.4. The van der Waals surface area contributed by atoms with Gasteiger partial charge in [-0.25, -0.2) is 8.42 Å². The Bertz CT molecular complexity index is 1090. The van der Waals surface area contributed by atoms with Crippen molar-refractivity contribution in [2.24, 2.45) is 5.16 Å². The molecule has 0 unspecified atom stereocenters. The maximum absolute atomic E-state index is 13.0. The van der Waals surface area contributed by atoms with Crippen LogP contribution in [0, 0.1) is 6.92 Å². The number of anilines is 1. The third-order valence-electron chi connectivity index (χ3n) is 4.98. The van der Waals surface area contributed by atoms with Crippen molar-refractivity contribution in [3.63, 3.8) is 0 Å². The van der Waals surface area contributed by atoms with E-state index in [0.717, 1.165) is 19.3 Å². The number of alkyl halides is 2. The van der Waals surface area contributed by atoms with Crippen molar-refractivity contribution < 1.29 is 31.6 Å². The lowest BCUT2D eigenvalue weighted by Gasteiger charge is -2.26. The number of rotatable bonds is 9. The van der Waals surface area contributed by atoms with Gasteiger partial charge in [0.15, 0.2) is 6.61 Å². The zero-order valence-corrected chi connectivity index (χ0v) is 18.9. The molecule has 33 heavy (non-hydrogen) atoms. The monoisotopic (exact) mass is 481 g/mol. The van der Waals surface area contributed by atoms with Gasteiger partial charge in [-0.15, -0.1) is 0 Å². The maximum atomic E-state index is 13.0. The van der Waals surface area contributed by atoms with E-state index in [9.17, 15) is 22.0 Å². The lowest BCUT2D eigenvalue weighted by atomic mass is 10.2. The topological polar surface area (TPSA) is 97.3 Å². The Morgan fingerprint density at radius 1 is 1.15 bits per heavy atom. The molecule has 1 N–H and O–H groups in total. The van der Waals surface area contributed by atoms with E-state index in [4.69, 9.17) is 4.84 Å². The van der Waals surface area contributed by atoms with Crippen LogP contribution in [0.5, 0.6) is 5.75 Å². The molecule has 0 aromatic heterocycles. The molecular weight excluding hydrogens is 456 g/mol. The van der Waals surface area contributed by atoms with Gasteiger partial charge in [0.2, 0.25) is 10.0 Å². The minimum Gasteiger partial charge on any atom is -0.435 e. The molecular formula is C22H25F2N3O5S. The third-order valence-corrected chi connectivity index (χ3v) is 7.02. The number of sulfonamides is 1. The number of hydrogen-bond acceptors (Lipinski definition) is 6. The summed E-state index contributed by atoms with van der Waals surface area (Å²) in [6.45, 7) is -0.600. The van der Waals surface area contributed by atoms with Gasteiger partial charge >= 0.3 is 6.61 Å². The van der Waals surface area contributed by atoms with Crippen LogP contribution in [0.15, 0.2) is 52.5 Å². The number of halogens is 2. The molecule has 2 aromatic carbocycles. The standard InChI is InChI=1S/C22H25F2N3O5S/c1-16-5-8-18(13-20(16)33(29,30)27-11-3-2-4-12-27)26-21(28)15-31-25-14-17-6-9-19(10-7-17)32-22(23)24/h5-10,13-14,22H,2-4,11-12,15H2,1H3,(H,26,28)/b25-14+. The molecule has 0 bridgehead atoms. The number of aryl methyl sites for hydroxylation is 1. The highest BCUT2D eigenvalue weighted by Gasteiger charge is 2.27. The number of carbonyl (C=O) groups excluding carboxylic acids is 1. The van der Waals surface area contributed by atoms with E-state index in [2.05, 4.69) is 15.2 Å². The largest absolute Gasteiger partial charge is 0.435 e. The smallest absolute Gasteiger partial charge is 0.387 e. The van der Waals surface area contributed by atoms with Crippen LogP contribution in [0.3, 0.4) is 0 Å². The molecule has 0 aliphatic carbocycles. The fourth-order valence-corrected chi connectivity index (χ4v) is 5.09. The summed E-state index contributed by atoms with van der Waals surface area (Å²) in [6, 6.07) is 10.4. The highest BCUT2D eigenvalue weighted by molar-refractivity contribution is 7.89. The van der Waals surface area contributed by atoms with Gasteiger partial charge in [0.1, 0.15) is 5.75 Å². The Hall–Kier alpha value is -3.05. The minimum absolute atomic E-state index is 0.0159. The normalized spacial score (nSPS) is 15.0. The van der Waals surface area contributed by atoms with Crippen LogP contribution in [0.4, 0.5) is 14.5 Å². The number of ether oxygens (including phenoxy) is 1. The summed E-state index contributed by atoms with van der Waals surface area (Å²) in [6.07, 6.45) is 4.00. The Balaban J connectivity index is 1.55. The second kappa shape index (κ2) is 11.2. The van der Waals surface area contributed by atoms with E-state index >= 15 is 0 Å². The van der Waals surface area contributed by atoms with Crippen molar-refractivity contribution in [2.75, 3.05) is 25.0 Å². The molecule has 11 heteroatoms. The molecule has 0 atom stereocenters. The molecule has 2 aromatic rings. The van der Waals surface area contributed by atoms with Crippen molar-refractivity contribution in [2.45, 2.75) is 37.7 Å². The summed E-state index contributed by atoms with van der Waals surface area (Å²) in [5.41, 5.74) is 1.50. The molecule has 3 rings (SSSR count). The average Bonchev–Trinajstić information content (AvgIpc) is 2.79. The first kappa shape index (κ1) is 24.6. The van der Waals surface area contributed by atoms with Gasteiger partial charge in [-0.1, -0.05) is 17.6 Å². The summed E-state index contributed by atoms with van der Waals surface area (Å²) in [7, 11) is -3.64. The van der Waals surface area contributed by atoms with Crippen LogP contribution >= 0.6 is 0 Å². The summed E-state index contributed by atoms with van der Waals surface area (Å²) in [5.74, 6) is -0.500. The lowest BCUT2D eigenvalue weighted by molar-refractivity contribution is -0.120. The molecule has 178 valence electrons. The molecule has 0 spiro atoms. The molecule has 1 saturated heterocycles. The summed E-state index contributed by atoms with van der Waals surface area (Å²) in [5, 5.41) is 6.27. The maximum Gasteiger partial charge on any atom is 0.387 e. The Kier molecular flexibility index (Phi) is 8.34. The summed E-state index contributed by atoms with van der Waals surface area (Å²) >= 11 is 0. The van der Waals surface area contributed by atoms with Gasteiger partial charge in [0.25, 0.3) is 5.91 Å². The second-order valence-electron chi connectivity index (χ2n) is 7.45. The zero-order valence-electron chi connectivity index (χ0n) is 18.0. The van der Waals surface area contributed by atoms with Gasteiger partial charge in [-0.05, 0) is 67.3 Å². The predicted octanol–water partition coefficient (Wildman–Crippen LogP) is 3.76. The fourth-order valence-electron chi connectivity index (χ4n) is 3.33. The van der Waals surface area contributed by atoms with E-state index in [-0.39, 0.29) is 10.6 Å². The Morgan fingerprint density at radius 2 is 1.85 bits per heavy atom. The Labute approximate surface area is 191 Å². The van der Waals surface area contributed by atoms with Crippen LogP contribution < -0.4 is 10.1 Å². The number of carbonyl (C=O) groups is 1. The summed E-state index contributed by atoms with van der Waals surface area (Å²) < 4.78 is 56.0. The SMILES string of the molecule is Cc1ccc(NC(=O)CO/N=C/c2ccc(OC(F)F)cc2)cc1S(=O)(=O)N1CCCCC1. The van der Waals surface area contributed by atoms with Gasteiger partial charge in [0, 0.05) is 18.8 Å². The molecule has 0 saturated carbocycles. The van der Waals surface area contributed by atoms with Crippen molar-refractivity contribution in [1.82, 2.24) is 4.31 Å². The number of amides is 1. The number of nitrogens with zero attached hydrogens (tertiary/aromatic N) is 2. The van der Waals surface area contributed by atoms with Crippen LogP contribution in [-0.4, -0.2) is 51.2 Å². The van der Waals surface area contributed by atoms with Gasteiger partial charge in [-0.2, -0.15) is 13.1 Å². The predicted molar refractivity (Wildman–Crippen MR) is 119 cm³/mol. The quantitative estimate of drug-likeness (QED) is 0.435. The van der Waals surface area contributed by atoms with Crippen molar-refractivity contribution in [3.8, 4) is 5.75 Å². The van der Waals surface area contributed by atoms with E-state index < -0.39 is 29.1 Å². The van der Waals surface area contributed by atoms with Gasteiger partial charge < -0.3 is 14.9 Å². The molecule has 1 fully saturated rings. The number of nitrogens with one attached hydrogen (secondary N) is 1. The van der Waals surface area contributed by atoms with Crippen LogP contribution in [0.1, 0.15) is 30.4 Å².